The van der Waals surface area contributed by atoms with Gasteiger partial charge in [0.15, 0.2) is 0 Å². The van der Waals surface area contributed by atoms with E-state index in [-0.39, 0.29) is 17.9 Å². The molecule has 0 aromatic carbocycles. The van der Waals surface area contributed by atoms with Crippen molar-refractivity contribution >= 4 is 21.7 Å². The van der Waals surface area contributed by atoms with Gasteiger partial charge < -0.3 is 9.80 Å². The maximum atomic E-state index is 12.4. The van der Waals surface area contributed by atoms with Crippen molar-refractivity contribution in [2.24, 2.45) is 5.92 Å². The summed E-state index contributed by atoms with van der Waals surface area (Å²) in [4.78, 5) is 20.3. The number of nitrogens with zero attached hydrogens (tertiary/aromatic N) is 3. The second-order valence-electron chi connectivity index (χ2n) is 6.52. The maximum absolute atomic E-state index is 12.4. The van der Waals surface area contributed by atoms with Crippen molar-refractivity contribution in [1.29, 1.82) is 0 Å². The summed E-state index contributed by atoms with van der Waals surface area (Å²) >= 11 is 0. The molecular formula is C16H26N4O3S. The zero-order valence-corrected chi connectivity index (χ0v) is 15.5. The van der Waals surface area contributed by atoms with E-state index in [0.717, 1.165) is 12.8 Å². The summed E-state index contributed by atoms with van der Waals surface area (Å²) in [5.41, 5.74) is 0.540. The number of pyridine rings is 1. The Hall–Kier alpha value is -1.67. The van der Waals surface area contributed by atoms with E-state index in [1.165, 1.54) is 11.2 Å². The number of carbonyl (C=O) groups excluding carboxylic acids is 1. The molecule has 1 fully saturated rings. The standard InChI is InChI=1S/C16H26N4O3S/c1-5-7-12-10-20(11-14(12)18-24(4,22)23)15-13(8-6-9-17-15)16(21)19(2)3/h6,8-9,12,14,18H,5,7,10-11H2,1-4H3/t12-,14-/m1/s1. The second-order valence-corrected chi connectivity index (χ2v) is 8.30. The van der Waals surface area contributed by atoms with E-state index in [2.05, 4.69) is 16.6 Å². The molecule has 1 saturated heterocycles. The molecule has 1 aliphatic rings. The summed E-state index contributed by atoms with van der Waals surface area (Å²) in [6.45, 7) is 3.29. The molecule has 1 aliphatic heterocycles. The first-order valence-electron chi connectivity index (χ1n) is 8.11. The quantitative estimate of drug-likeness (QED) is 0.822. The highest BCUT2D eigenvalue weighted by Crippen LogP contribution is 2.28. The molecule has 0 bridgehead atoms. The molecule has 134 valence electrons. The predicted molar refractivity (Wildman–Crippen MR) is 94.6 cm³/mol. The molecule has 2 atom stereocenters. The molecule has 1 N–H and O–H groups in total. The van der Waals surface area contributed by atoms with Crippen molar-refractivity contribution < 1.29 is 13.2 Å². The van der Waals surface area contributed by atoms with Gasteiger partial charge in [-0.1, -0.05) is 13.3 Å². The molecule has 7 nitrogen and oxygen atoms in total. The Morgan fingerprint density at radius 1 is 1.42 bits per heavy atom. The minimum Gasteiger partial charge on any atom is -0.354 e. The topological polar surface area (TPSA) is 82.6 Å². The zero-order chi connectivity index (χ0) is 17.9. The highest BCUT2D eigenvalue weighted by Gasteiger charge is 2.35. The van der Waals surface area contributed by atoms with Gasteiger partial charge in [0.25, 0.3) is 5.91 Å². The Morgan fingerprint density at radius 3 is 2.71 bits per heavy atom. The minimum absolute atomic E-state index is 0.107. The van der Waals surface area contributed by atoms with E-state index in [1.54, 1.807) is 32.4 Å². The smallest absolute Gasteiger partial charge is 0.257 e. The van der Waals surface area contributed by atoms with Crippen LogP contribution in [0.3, 0.4) is 0 Å². The Labute approximate surface area is 144 Å². The van der Waals surface area contributed by atoms with Crippen LogP contribution in [0.5, 0.6) is 0 Å². The van der Waals surface area contributed by atoms with Crippen LogP contribution in [0, 0.1) is 5.92 Å². The number of anilines is 1. The lowest BCUT2D eigenvalue weighted by molar-refractivity contribution is 0.0828. The van der Waals surface area contributed by atoms with E-state index >= 15 is 0 Å². The summed E-state index contributed by atoms with van der Waals surface area (Å²) in [5, 5.41) is 0. The van der Waals surface area contributed by atoms with Crippen LogP contribution in [0.2, 0.25) is 0 Å². The largest absolute Gasteiger partial charge is 0.354 e. The lowest BCUT2D eigenvalue weighted by Crippen LogP contribution is -2.40. The first kappa shape index (κ1) is 18.7. The number of amides is 1. The number of hydrogen-bond acceptors (Lipinski definition) is 5. The molecule has 0 spiro atoms. The molecule has 24 heavy (non-hydrogen) atoms. The third-order valence-electron chi connectivity index (χ3n) is 4.19. The predicted octanol–water partition coefficient (Wildman–Crippen LogP) is 0.938. The first-order valence-corrected chi connectivity index (χ1v) is 10.0. The van der Waals surface area contributed by atoms with Crippen molar-refractivity contribution in [2.45, 2.75) is 25.8 Å². The van der Waals surface area contributed by atoms with Gasteiger partial charge in [0, 0.05) is 39.4 Å². The van der Waals surface area contributed by atoms with Crippen LogP contribution in [0.25, 0.3) is 0 Å². The number of rotatable bonds is 6. The van der Waals surface area contributed by atoms with E-state index in [4.69, 9.17) is 0 Å². The summed E-state index contributed by atoms with van der Waals surface area (Å²) in [6.07, 6.45) is 4.74. The van der Waals surface area contributed by atoms with Crippen LogP contribution in [0.4, 0.5) is 5.82 Å². The minimum atomic E-state index is -3.28. The number of hydrogen-bond donors (Lipinski definition) is 1. The van der Waals surface area contributed by atoms with Crippen LogP contribution in [-0.2, 0) is 10.0 Å². The average molecular weight is 354 g/mol. The number of nitrogens with one attached hydrogen (secondary N) is 1. The summed E-state index contributed by atoms with van der Waals surface area (Å²) in [7, 11) is 0.134. The maximum Gasteiger partial charge on any atom is 0.257 e. The fraction of sp³-hybridized carbons (Fsp3) is 0.625. The lowest BCUT2D eigenvalue weighted by atomic mass is 9.99. The molecule has 2 rings (SSSR count). The van der Waals surface area contributed by atoms with Gasteiger partial charge in [-0.2, -0.15) is 0 Å². The third-order valence-corrected chi connectivity index (χ3v) is 4.92. The molecular weight excluding hydrogens is 328 g/mol. The van der Waals surface area contributed by atoms with Gasteiger partial charge in [-0.3, -0.25) is 4.79 Å². The molecule has 1 aromatic rings. The first-order chi connectivity index (χ1) is 11.2. The molecule has 0 unspecified atom stereocenters. The SMILES string of the molecule is CCC[C@@H]1CN(c2ncccc2C(=O)N(C)C)C[C@H]1NS(C)(=O)=O. The summed E-state index contributed by atoms with van der Waals surface area (Å²) in [5.74, 6) is 0.716. The van der Waals surface area contributed by atoms with Gasteiger partial charge in [-0.05, 0) is 24.5 Å². The lowest BCUT2D eigenvalue weighted by Gasteiger charge is -2.21. The van der Waals surface area contributed by atoms with E-state index in [0.29, 0.717) is 24.5 Å². The monoisotopic (exact) mass is 354 g/mol. The van der Waals surface area contributed by atoms with Crippen molar-refractivity contribution in [3.05, 3.63) is 23.9 Å². The van der Waals surface area contributed by atoms with Crippen LogP contribution in [0.1, 0.15) is 30.1 Å². The molecule has 1 amide bonds. The van der Waals surface area contributed by atoms with Crippen molar-refractivity contribution in [3.63, 3.8) is 0 Å². The average Bonchev–Trinajstić information content (AvgIpc) is 2.87. The van der Waals surface area contributed by atoms with Crippen LogP contribution in [-0.4, -0.2) is 63.7 Å². The van der Waals surface area contributed by atoms with Gasteiger partial charge in [0.05, 0.1) is 11.8 Å². The van der Waals surface area contributed by atoms with E-state index in [1.807, 2.05) is 4.90 Å². The normalized spacial score (nSPS) is 21.1. The second kappa shape index (κ2) is 7.48. The van der Waals surface area contributed by atoms with E-state index < -0.39 is 10.0 Å². The molecule has 0 aliphatic carbocycles. The number of sulfonamides is 1. The van der Waals surface area contributed by atoms with Crippen molar-refractivity contribution in [1.82, 2.24) is 14.6 Å². The Balaban J connectivity index is 2.29. The molecule has 2 heterocycles. The Bertz CT molecular complexity index is 690. The van der Waals surface area contributed by atoms with Gasteiger partial charge in [-0.25, -0.2) is 18.1 Å². The third kappa shape index (κ3) is 4.45. The molecule has 8 heteroatoms. The van der Waals surface area contributed by atoms with Crippen LogP contribution < -0.4 is 9.62 Å². The zero-order valence-electron chi connectivity index (χ0n) is 14.7. The van der Waals surface area contributed by atoms with Crippen molar-refractivity contribution in [3.8, 4) is 0 Å². The van der Waals surface area contributed by atoms with E-state index in [9.17, 15) is 13.2 Å². The summed E-state index contributed by atoms with van der Waals surface area (Å²) in [6, 6.07) is 3.34. The Morgan fingerprint density at radius 2 is 2.12 bits per heavy atom. The van der Waals surface area contributed by atoms with Crippen LogP contribution in [0.15, 0.2) is 18.3 Å². The molecule has 0 radical (unpaired) electrons. The fourth-order valence-corrected chi connectivity index (χ4v) is 3.99. The van der Waals surface area contributed by atoms with Gasteiger partial charge in [-0.15, -0.1) is 0 Å². The fourth-order valence-electron chi connectivity index (χ4n) is 3.17. The van der Waals surface area contributed by atoms with Crippen molar-refractivity contribution in [2.75, 3.05) is 38.3 Å². The van der Waals surface area contributed by atoms with Gasteiger partial charge >= 0.3 is 0 Å². The van der Waals surface area contributed by atoms with Gasteiger partial charge in [0.1, 0.15) is 5.82 Å². The number of aromatic nitrogens is 1. The summed E-state index contributed by atoms with van der Waals surface area (Å²) < 4.78 is 26.0. The Kier molecular flexibility index (Phi) is 5.82. The molecule has 0 saturated carbocycles. The number of carbonyl (C=O) groups is 1. The highest BCUT2D eigenvalue weighted by molar-refractivity contribution is 7.88. The highest BCUT2D eigenvalue weighted by atomic mass is 32.2. The van der Waals surface area contributed by atoms with Gasteiger partial charge in [0.2, 0.25) is 10.0 Å². The van der Waals surface area contributed by atoms with Crippen LogP contribution >= 0.6 is 0 Å². The molecule has 1 aromatic heterocycles.